The van der Waals surface area contributed by atoms with Crippen molar-refractivity contribution in [3.63, 3.8) is 0 Å². The van der Waals surface area contributed by atoms with E-state index in [0.717, 1.165) is 0 Å². The Bertz CT molecular complexity index is 173. The molecule has 0 unspecified atom stereocenters. The van der Waals surface area contributed by atoms with Gasteiger partial charge in [0.25, 0.3) is 0 Å². The second-order valence-electron chi connectivity index (χ2n) is 1.77. The van der Waals surface area contributed by atoms with Crippen LogP contribution in [0.25, 0.3) is 0 Å². The number of rotatable bonds is 0. The monoisotopic (exact) mass is 222 g/mol. The van der Waals surface area contributed by atoms with E-state index in [1.165, 1.54) is 11.3 Å². The molecule has 44 valence electrons. The van der Waals surface area contributed by atoms with Crippen molar-refractivity contribution >= 4 is 22.9 Å². The lowest BCUT2D eigenvalue weighted by Crippen LogP contribution is -1.82. The van der Waals surface area contributed by atoms with E-state index >= 15 is 0 Å². The highest BCUT2D eigenvalue weighted by Gasteiger charge is 1.95. The average Bonchev–Trinajstić information content (AvgIpc) is 1.98. The zero-order chi connectivity index (χ0) is 6.15. The van der Waals surface area contributed by atoms with Gasteiger partial charge in [0.1, 0.15) is 0 Å². The van der Waals surface area contributed by atoms with E-state index in [2.05, 4.69) is 41.8 Å². The van der Waals surface area contributed by atoms with Gasteiger partial charge in [-0.3, -0.25) is 0 Å². The summed E-state index contributed by atoms with van der Waals surface area (Å²) in [4.78, 5) is 0. The van der Waals surface area contributed by atoms with E-state index in [-0.39, 0.29) is 0 Å². The number of hydrogen-bond donors (Lipinski definition) is 0. The molecule has 0 fully saturated rings. The molecule has 0 N–H and O–H groups in total. The fourth-order valence-corrected chi connectivity index (χ4v) is 0.968. The average molecular weight is 222 g/mol. The standard InChI is InChI=1S/C5H7IN2/c1-4-3-7-8(6)5(4)2/h3H,1-2H3. The van der Waals surface area contributed by atoms with Crippen LogP contribution in [0.5, 0.6) is 0 Å². The molecule has 1 rings (SSSR count). The zero-order valence-corrected chi connectivity index (χ0v) is 7.01. The van der Waals surface area contributed by atoms with Crippen LogP contribution in [0, 0.1) is 13.8 Å². The van der Waals surface area contributed by atoms with Crippen molar-refractivity contribution in [1.82, 2.24) is 7.99 Å². The van der Waals surface area contributed by atoms with Gasteiger partial charge in [-0.2, -0.15) is 5.10 Å². The zero-order valence-electron chi connectivity index (χ0n) is 4.85. The summed E-state index contributed by atoms with van der Waals surface area (Å²) in [5.41, 5.74) is 2.48. The Labute approximate surface area is 62.4 Å². The Balaban J connectivity index is 3.19. The summed E-state index contributed by atoms with van der Waals surface area (Å²) in [6, 6.07) is 0. The molecule has 0 aliphatic heterocycles. The number of aryl methyl sites for hydroxylation is 1. The van der Waals surface area contributed by atoms with Crippen LogP contribution >= 0.6 is 22.9 Å². The third-order valence-corrected chi connectivity index (χ3v) is 2.17. The number of halogens is 1. The summed E-state index contributed by atoms with van der Waals surface area (Å²) < 4.78 is 1.84. The smallest absolute Gasteiger partial charge is 0.0846 e. The first-order valence-corrected chi connectivity index (χ1v) is 3.35. The largest absolute Gasteiger partial charge is 0.208 e. The molecule has 1 aromatic rings. The molecule has 0 bridgehead atoms. The molecule has 8 heavy (non-hydrogen) atoms. The number of hydrogen-bond acceptors (Lipinski definition) is 1. The quantitative estimate of drug-likeness (QED) is 0.611. The molecular weight excluding hydrogens is 215 g/mol. The Hall–Kier alpha value is -0.0600. The molecule has 0 aliphatic carbocycles. The first-order chi connectivity index (χ1) is 3.72. The molecule has 1 aromatic heterocycles. The van der Waals surface area contributed by atoms with Gasteiger partial charge in [-0.15, -0.1) is 0 Å². The maximum absolute atomic E-state index is 4.02. The molecule has 0 aromatic carbocycles. The lowest BCUT2D eigenvalue weighted by atomic mass is 10.3. The van der Waals surface area contributed by atoms with Gasteiger partial charge in [0.05, 0.1) is 29.1 Å². The predicted molar refractivity (Wildman–Crippen MR) is 41.1 cm³/mol. The van der Waals surface area contributed by atoms with Crippen molar-refractivity contribution in [1.29, 1.82) is 0 Å². The van der Waals surface area contributed by atoms with Crippen LogP contribution in [0.15, 0.2) is 6.20 Å². The minimum atomic E-state index is 1.23. The SMILES string of the molecule is Cc1cnn(I)c1C. The molecule has 3 heteroatoms. The minimum absolute atomic E-state index is 1.23. The number of nitrogens with zero attached hydrogens (tertiary/aromatic N) is 2. The van der Waals surface area contributed by atoms with Crippen LogP contribution in [0.1, 0.15) is 11.3 Å². The molecule has 0 spiro atoms. The summed E-state index contributed by atoms with van der Waals surface area (Å²) in [5, 5.41) is 4.02. The maximum atomic E-state index is 4.02. The normalized spacial score (nSPS) is 9.88. The molecule has 1 heterocycles. The molecule has 0 saturated carbocycles. The molecular formula is C5H7IN2. The van der Waals surface area contributed by atoms with E-state index < -0.39 is 0 Å². The Morgan fingerprint density at radius 3 is 2.38 bits per heavy atom. The van der Waals surface area contributed by atoms with Crippen molar-refractivity contribution < 1.29 is 0 Å². The summed E-state index contributed by atoms with van der Waals surface area (Å²) >= 11 is 2.15. The fraction of sp³-hybridized carbons (Fsp3) is 0.400. The highest BCUT2D eigenvalue weighted by atomic mass is 127. The Morgan fingerprint density at radius 1 is 1.62 bits per heavy atom. The van der Waals surface area contributed by atoms with Gasteiger partial charge in [-0.05, 0) is 19.4 Å². The van der Waals surface area contributed by atoms with Gasteiger partial charge in [-0.1, -0.05) is 0 Å². The molecule has 0 radical (unpaired) electrons. The van der Waals surface area contributed by atoms with Crippen LogP contribution in [-0.2, 0) is 0 Å². The lowest BCUT2D eigenvalue weighted by molar-refractivity contribution is 1.01. The van der Waals surface area contributed by atoms with E-state index in [1.807, 2.05) is 9.09 Å². The second-order valence-corrected chi connectivity index (χ2v) is 2.69. The second kappa shape index (κ2) is 2.05. The summed E-state index contributed by atoms with van der Waals surface area (Å²) in [7, 11) is 0. The minimum Gasteiger partial charge on any atom is -0.208 e. The van der Waals surface area contributed by atoms with E-state index in [9.17, 15) is 0 Å². The summed E-state index contributed by atoms with van der Waals surface area (Å²) in [6.07, 6.45) is 1.86. The maximum Gasteiger partial charge on any atom is 0.0846 e. The fourth-order valence-electron chi connectivity index (χ4n) is 0.463. The third-order valence-electron chi connectivity index (χ3n) is 1.20. The van der Waals surface area contributed by atoms with Crippen molar-refractivity contribution in [3.8, 4) is 0 Å². The molecule has 0 aliphatic rings. The summed E-state index contributed by atoms with van der Waals surface area (Å²) in [6.45, 7) is 4.10. The molecule has 0 amide bonds. The lowest BCUT2D eigenvalue weighted by Gasteiger charge is -1.87. The first-order valence-electron chi connectivity index (χ1n) is 2.39. The highest BCUT2D eigenvalue weighted by molar-refractivity contribution is 14.1. The van der Waals surface area contributed by atoms with Crippen molar-refractivity contribution in [3.05, 3.63) is 17.5 Å². The Morgan fingerprint density at radius 2 is 2.25 bits per heavy atom. The van der Waals surface area contributed by atoms with E-state index in [1.54, 1.807) is 0 Å². The molecule has 0 saturated heterocycles. The predicted octanol–water partition coefficient (Wildman–Crippen LogP) is 1.70. The van der Waals surface area contributed by atoms with Crippen LogP contribution in [0.2, 0.25) is 0 Å². The first kappa shape index (κ1) is 6.07. The van der Waals surface area contributed by atoms with E-state index in [0.29, 0.717) is 0 Å². The van der Waals surface area contributed by atoms with Crippen molar-refractivity contribution in [2.24, 2.45) is 0 Å². The highest BCUT2D eigenvalue weighted by Crippen LogP contribution is 2.06. The molecule has 0 atom stereocenters. The van der Waals surface area contributed by atoms with Gasteiger partial charge in [0, 0.05) is 5.69 Å². The van der Waals surface area contributed by atoms with Crippen molar-refractivity contribution in [2.75, 3.05) is 0 Å². The van der Waals surface area contributed by atoms with Gasteiger partial charge in [0.2, 0.25) is 0 Å². The summed E-state index contributed by atoms with van der Waals surface area (Å²) in [5.74, 6) is 0. The molecule has 2 nitrogen and oxygen atoms in total. The number of aromatic nitrogens is 2. The van der Waals surface area contributed by atoms with Crippen LogP contribution in [0.3, 0.4) is 0 Å². The van der Waals surface area contributed by atoms with Gasteiger partial charge in [0.15, 0.2) is 0 Å². The van der Waals surface area contributed by atoms with Crippen LogP contribution < -0.4 is 0 Å². The van der Waals surface area contributed by atoms with Gasteiger partial charge >= 0.3 is 0 Å². The van der Waals surface area contributed by atoms with E-state index in [4.69, 9.17) is 0 Å². The van der Waals surface area contributed by atoms with Crippen molar-refractivity contribution in [2.45, 2.75) is 13.8 Å². The Kier molecular flexibility index (Phi) is 1.55. The topological polar surface area (TPSA) is 17.8 Å². The van der Waals surface area contributed by atoms with Gasteiger partial charge < -0.3 is 0 Å². The third kappa shape index (κ3) is 0.866. The van der Waals surface area contributed by atoms with Crippen LogP contribution in [0.4, 0.5) is 0 Å². The van der Waals surface area contributed by atoms with Gasteiger partial charge in [-0.25, -0.2) is 2.90 Å². The van der Waals surface area contributed by atoms with Crippen LogP contribution in [-0.4, -0.2) is 7.99 Å².